The molecule has 3 heterocycles. The molecule has 0 spiro atoms. The lowest BCUT2D eigenvalue weighted by Crippen LogP contribution is -2.58. The van der Waals surface area contributed by atoms with Crippen LogP contribution in [0.1, 0.15) is 11.1 Å². The molecule has 0 aromatic carbocycles. The molecule has 3 rings (SSSR count). The molecular weight excluding hydrogens is 330 g/mol. The van der Waals surface area contributed by atoms with E-state index in [4.69, 9.17) is 0 Å². The molecule has 1 saturated heterocycles. The maximum absolute atomic E-state index is 4.37. The zero-order valence-electron chi connectivity index (χ0n) is 12.2. The number of aromatic nitrogens is 3. The number of hydrogen-bond acceptors (Lipinski definition) is 5. The Hall–Kier alpha value is -1.53. The molecule has 2 aromatic heterocycles. The number of hydrogen-bond donors (Lipinski definition) is 0. The van der Waals surface area contributed by atoms with Crippen LogP contribution in [0.3, 0.4) is 0 Å². The van der Waals surface area contributed by atoms with Crippen LogP contribution in [0.15, 0.2) is 35.5 Å². The first kappa shape index (κ1) is 14.4. The first-order chi connectivity index (χ1) is 10.1. The lowest BCUT2D eigenvalue weighted by Gasteiger charge is -2.45. The van der Waals surface area contributed by atoms with Crippen LogP contribution in [0.5, 0.6) is 0 Å². The second kappa shape index (κ2) is 6.07. The summed E-state index contributed by atoms with van der Waals surface area (Å²) in [5.74, 6) is 1.05. The number of rotatable bonds is 4. The van der Waals surface area contributed by atoms with Gasteiger partial charge in [0, 0.05) is 54.3 Å². The SMILES string of the molecule is Cc1cncnc1N1CC(N(C)Cc2cncc(Br)c2)C1. The van der Waals surface area contributed by atoms with Crippen molar-refractivity contribution in [2.24, 2.45) is 0 Å². The van der Waals surface area contributed by atoms with Crippen LogP contribution in [0.4, 0.5) is 5.82 Å². The molecule has 0 N–H and O–H groups in total. The van der Waals surface area contributed by atoms with Crippen molar-refractivity contribution in [1.29, 1.82) is 0 Å². The van der Waals surface area contributed by atoms with Crippen molar-refractivity contribution in [3.05, 3.63) is 46.6 Å². The van der Waals surface area contributed by atoms with Gasteiger partial charge in [0.1, 0.15) is 12.1 Å². The third-order valence-corrected chi connectivity index (χ3v) is 4.28. The zero-order chi connectivity index (χ0) is 14.8. The predicted molar refractivity (Wildman–Crippen MR) is 86.2 cm³/mol. The monoisotopic (exact) mass is 347 g/mol. The Labute approximate surface area is 133 Å². The molecule has 0 amide bonds. The van der Waals surface area contributed by atoms with Crippen molar-refractivity contribution >= 4 is 21.7 Å². The van der Waals surface area contributed by atoms with Crippen LogP contribution >= 0.6 is 15.9 Å². The Bertz CT molecular complexity index is 627. The standard InChI is InChI=1S/C15H18BrN5/c1-11-4-18-10-19-15(11)21-8-14(9-21)20(2)7-12-3-13(16)6-17-5-12/h3-6,10,14H,7-9H2,1-2H3. The van der Waals surface area contributed by atoms with E-state index < -0.39 is 0 Å². The fraction of sp³-hybridized carbons (Fsp3) is 0.400. The van der Waals surface area contributed by atoms with Crippen molar-refractivity contribution in [3.8, 4) is 0 Å². The minimum atomic E-state index is 0.554. The Kier molecular flexibility index (Phi) is 4.17. The number of likely N-dealkylation sites (N-methyl/N-ethyl adjacent to an activating group) is 1. The number of nitrogens with zero attached hydrogens (tertiary/aromatic N) is 5. The van der Waals surface area contributed by atoms with Crippen molar-refractivity contribution in [1.82, 2.24) is 19.9 Å². The van der Waals surface area contributed by atoms with E-state index in [1.165, 1.54) is 5.56 Å². The Morgan fingerprint density at radius 2 is 2.10 bits per heavy atom. The maximum atomic E-state index is 4.37. The third kappa shape index (κ3) is 3.22. The summed E-state index contributed by atoms with van der Waals surface area (Å²) in [6.07, 6.45) is 7.22. The summed E-state index contributed by atoms with van der Waals surface area (Å²) in [5.41, 5.74) is 2.36. The second-order valence-corrected chi connectivity index (χ2v) is 6.43. The predicted octanol–water partition coefficient (Wildman–Crippen LogP) is 2.26. The fourth-order valence-corrected chi connectivity index (χ4v) is 3.00. The van der Waals surface area contributed by atoms with Gasteiger partial charge in [-0.2, -0.15) is 0 Å². The first-order valence-electron chi connectivity index (χ1n) is 6.94. The van der Waals surface area contributed by atoms with E-state index in [9.17, 15) is 0 Å². The normalized spacial score (nSPS) is 15.3. The molecule has 0 bridgehead atoms. The molecule has 21 heavy (non-hydrogen) atoms. The highest BCUT2D eigenvalue weighted by Crippen LogP contribution is 2.24. The largest absolute Gasteiger partial charge is 0.353 e. The van der Waals surface area contributed by atoms with Crippen molar-refractivity contribution in [2.75, 3.05) is 25.0 Å². The Morgan fingerprint density at radius 1 is 1.29 bits per heavy atom. The van der Waals surface area contributed by atoms with E-state index in [0.717, 1.165) is 35.5 Å². The van der Waals surface area contributed by atoms with Gasteiger partial charge in [0.15, 0.2) is 0 Å². The molecule has 5 nitrogen and oxygen atoms in total. The summed E-state index contributed by atoms with van der Waals surface area (Å²) in [4.78, 5) is 17.3. The average Bonchev–Trinajstić information content (AvgIpc) is 2.39. The maximum Gasteiger partial charge on any atom is 0.134 e. The highest BCUT2D eigenvalue weighted by atomic mass is 79.9. The molecule has 2 aromatic rings. The van der Waals surface area contributed by atoms with Crippen LogP contribution in [0, 0.1) is 6.92 Å². The molecule has 6 heteroatoms. The lowest BCUT2D eigenvalue weighted by molar-refractivity contribution is 0.196. The van der Waals surface area contributed by atoms with Gasteiger partial charge in [0.2, 0.25) is 0 Å². The molecule has 1 aliphatic rings. The van der Waals surface area contributed by atoms with E-state index in [2.05, 4.69) is 60.7 Å². The van der Waals surface area contributed by atoms with Gasteiger partial charge in [-0.05, 0) is 41.5 Å². The van der Waals surface area contributed by atoms with Crippen molar-refractivity contribution < 1.29 is 0 Å². The van der Waals surface area contributed by atoms with Crippen LogP contribution in [-0.2, 0) is 6.54 Å². The minimum Gasteiger partial charge on any atom is -0.353 e. The molecule has 0 atom stereocenters. The molecular formula is C15H18BrN5. The summed E-state index contributed by atoms with van der Waals surface area (Å²) in [5, 5.41) is 0. The third-order valence-electron chi connectivity index (χ3n) is 3.85. The van der Waals surface area contributed by atoms with E-state index in [-0.39, 0.29) is 0 Å². The van der Waals surface area contributed by atoms with Gasteiger partial charge in [0.05, 0.1) is 0 Å². The highest BCUT2D eigenvalue weighted by molar-refractivity contribution is 9.10. The van der Waals surface area contributed by atoms with Gasteiger partial charge in [-0.25, -0.2) is 9.97 Å². The van der Waals surface area contributed by atoms with E-state index in [0.29, 0.717) is 6.04 Å². The number of anilines is 1. The van der Waals surface area contributed by atoms with E-state index in [1.54, 1.807) is 6.33 Å². The Morgan fingerprint density at radius 3 is 2.81 bits per heavy atom. The molecule has 0 radical (unpaired) electrons. The number of pyridine rings is 1. The zero-order valence-corrected chi connectivity index (χ0v) is 13.8. The van der Waals surface area contributed by atoms with Gasteiger partial charge >= 0.3 is 0 Å². The van der Waals surface area contributed by atoms with Crippen LogP contribution < -0.4 is 4.90 Å². The fourth-order valence-electron chi connectivity index (χ4n) is 2.59. The quantitative estimate of drug-likeness (QED) is 0.848. The van der Waals surface area contributed by atoms with E-state index >= 15 is 0 Å². The van der Waals surface area contributed by atoms with E-state index in [1.807, 2.05) is 18.6 Å². The molecule has 1 fully saturated rings. The summed E-state index contributed by atoms with van der Waals surface area (Å²) < 4.78 is 1.03. The first-order valence-corrected chi connectivity index (χ1v) is 7.74. The van der Waals surface area contributed by atoms with Crippen LogP contribution in [0.25, 0.3) is 0 Å². The Balaban J connectivity index is 1.57. The number of aryl methyl sites for hydroxylation is 1. The van der Waals surface area contributed by atoms with Gasteiger partial charge < -0.3 is 4.90 Å². The van der Waals surface area contributed by atoms with Gasteiger partial charge in [-0.1, -0.05) is 0 Å². The minimum absolute atomic E-state index is 0.554. The highest BCUT2D eigenvalue weighted by Gasteiger charge is 2.31. The van der Waals surface area contributed by atoms with Gasteiger partial charge in [-0.3, -0.25) is 9.88 Å². The molecule has 1 aliphatic heterocycles. The second-order valence-electron chi connectivity index (χ2n) is 5.51. The smallest absolute Gasteiger partial charge is 0.134 e. The van der Waals surface area contributed by atoms with Gasteiger partial charge in [0.25, 0.3) is 0 Å². The van der Waals surface area contributed by atoms with Crippen molar-refractivity contribution in [3.63, 3.8) is 0 Å². The molecule has 0 saturated carbocycles. The summed E-state index contributed by atoms with van der Waals surface area (Å²) in [6.45, 7) is 4.98. The molecule has 0 aliphatic carbocycles. The van der Waals surface area contributed by atoms with Crippen molar-refractivity contribution in [2.45, 2.75) is 19.5 Å². The van der Waals surface area contributed by atoms with Gasteiger partial charge in [-0.15, -0.1) is 0 Å². The summed E-state index contributed by atoms with van der Waals surface area (Å²) in [6, 6.07) is 2.67. The molecule has 110 valence electrons. The number of halogens is 1. The van der Waals surface area contributed by atoms with Crippen LogP contribution in [-0.4, -0.2) is 46.0 Å². The summed E-state index contributed by atoms with van der Waals surface area (Å²) >= 11 is 3.46. The lowest BCUT2D eigenvalue weighted by atomic mass is 10.1. The topological polar surface area (TPSA) is 45.2 Å². The summed E-state index contributed by atoms with van der Waals surface area (Å²) in [7, 11) is 2.16. The van der Waals surface area contributed by atoms with Crippen LogP contribution in [0.2, 0.25) is 0 Å². The molecule has 0 unspecified atom stereocenters. The average molecular weight is 348 g/mol.